The maximum Gasteiger partial charge on any atom is 0.309 e. The van der Waals surface area contributed by atoms with Crippen LogP contribution in [0, 0.1) is 46.3 Å². The number of ether oxygens (including phenoxy) is 2. The molecule has 1 aliphatic heterocycles. The Hall–Kier alpha value is -0.830. The number of fused-ring (bicyclic) bond motifs is 3. The summed E-state index contributed by atoms with van der Waals surface area (Å²) in [5, 5.41) is 0. The first-order valence-corrected chi connectivity index (χ1v) is 13.3. The van der Waals surface area contributed by atoms with Crippen molar-refractivity contribution < 1.29 is 14.3 Å². The molecule has 0 spiro atoms. The number of carbonyl (C=O) groups excluding carboxylic acids is 1. The number of esters is 1. The Morgan fingerprint density at radius 1 is 0.935 bits per heavy atom. The molecule has 172 valence electrons. The quantitative estimate of drug-likeness (QED) is 0.272. The average Bonchev–Trinajstić information content (AvgIpc) is 3.66. The lowest BCUT2D eigenvalue weighted by molar-refractivity contribution is -0.152. The molecule has 6 fully saturated rings. The molecule has 0 amide bonds. The van der Waals surface area contributed by atoms with E-state index in [0.29, 0.717) is 35.6 Å². The van der Waals surface area contributed by atoms with E-state index < -0.39 is 0 Å². The highest BCUT2D eigenvalue weighted by atomic mass is 16.6. The van der Waals surface area contributed by atoms with Crippen LogP contribution < -0.4 is 0 Å². The molecule has 6 aliphatic rings. The average molecular weight is 427 g/mol. The molecule has 1 heterocycles. The van der Waals surface area contributed by atoms with Gasteiger partial charge in [-0.2, -0.15) is 0 Å². The van der Waals surface area contributed by atoms with Crippen LogP contribution in [0.4, 0.5) is 0 Å². The van der Waals surface area contributed by atoms with Crippen LogP contribution in [0.5, 0.6) is 0 Å². The second-order valence-corrected chi connectivity index (χ2v) is 13.1. The van der Waals surface area contributed by atoms with Gasteiger partial charge in [-0.05, 0) is 117 Å². The summed E-state index contributed by atoms with van der Waals surface area (Å²) in [4.78, 5) is 13.1. The van der Waals surface area contributed by atoms with Gasteiger partial charge >= 0.3 is 5.97 Å². The van der Waals surface area contributed by atoms with E-state index in [4.69, 9.17) is 9.47 Å². The van der Waals surface area contributed by atoms with Crippen molar-refractivity contribution in [2.75, 3.05) is 6.61 Å². The summed E-state index contributed by atoms with van der Waals surface area (Å²) in [6.07, 6.45) is 15.8. The first-order chi connectivity index (χ1) is 14.8. The smallest absolute Gasteiger partial charge is 0.309 e. The van der Waals surface area contributed by atoms with E-state index in [9.17, 15) is 4.79 Å². The van der Waals surface area contributed by atoms with Crippen LogP contribution in [-0.2, 0) is 14.3 Å². The Morgan fingerprint density at radius 3 is 2.23 bits per heavy atom. The zero-order valence-electron chi connectivity index (χ0n) is 19.7. The zero-order valence-corrected chi connectivity index (χ0v) is 19.7. The SMILES string of the molecule is C=C(CCC1CCC2(C)CC2C1)C1CC2OC2CC1C(=O)OCC1CCC2(C)CC2C1. The van der Waals surface area contributed by atoms with Crippen molar-refractivity contribution in [3.8, 4) is 0 Å². The maximum atomic E-state index is 13.1. The Morgan fingerprint density at radius 2 is 1.55 bits per heavy atom. The fourth-order valence-corrected chi connectivity index (χ4v) is 7.89. The normalized spacial score (nSPS) is 51.7. The zero-order chi connectivity index (χ0) is 21.4. The Bertz CT molecular complexity index is 697. The van der Waals surface area contributed by atoms with Crippen LogP contribution >= 0.6 is 0 Å². The molecule has 6 rings (SSSR count). The van der Waals surface area contributed by atoms with Crippen LogP contribution in [0.2, 0.25) is 0 Å². The number of epoxide rings is 1. The second-order valence-electron chi connectivity index (χ2n) is 13.1. The fourth-order valence-electron chi connectivity index (χ4n) is 7.89. The van der Waals surface area contributed by atoms with Crippen LogP contribution in [0.25, 0.3) is 0 Å². The Balaban J connectivity index is 1.01. The van der Waals surface area contributed by atoms with Crippen molar-refractivity contribution in [3.63, 3.8) is 0 Å². The topological polar surface area (TPSA) is 38.8 Å². The van der Waals surface area contributed by atoms with Crippen LogP contribution in [-0.4, -0.2) is 24.8 Å². The van der Waals surface area contributed by atoms with Gasteiger partial charge in [0.15, 0.2) is 0 Å². The van der Waals surface area contributed by atoms with E-state index in [1.807, 2.05) is 0 Å². The van der Waals surface area contributed by atoms with Gasteiger partial charge in [-0.25, -0.2) is 0 Å². The number of allylic oxidation sites excluding steroid dienone is 1. The number of hydrogen-bond acceptors (Lipinski definition) is 3. The Kier molecular flexibility index (Phi) is 4.91. The molecular formula is C28H42O3. The summed E-state index contributed by atoms with van der Waals surface area (Å²) in [5.41, 5.74) is 2.62. The molecule has 5 aliphatic carbocycles. The molecule has 0 aromatic rings. The van der Waals surface area contributed by atoms with Crippen LogP contribution in [0.1, 0.15) is 90.9 Å². The molecule has 3 nitrogen and oxygen atoms in total. The van der Waals surface area contributed by atoms with Gasteiger partial charge in [0.2, 0.25) is 0 Å². The van der Waals surface area contributed by atoms with Gasteiger partial charge in [-0.15, -0.1) is 0 Å². The van der Waals surface area contributed by atoms with Crippen molar-refractivity contribution in [1.29, 1.82) is 0 Å². The van der Waals surface area contributed by atoms with Crippen molar-refractivity contribution in [2.45, 2.75) is 103 Å². The largest absolute Gasteiger partial charge is 0.465 e. The number of hydrogen-bond donors (Lipinski definition) is 0. The minimum atomic E-state index is -0.0240. The Labute approximate surface area is 188 Å². The van der Waals surface area contributed by atoms with E-state index in [1.165, 1.54) is 63.4 Å². The van der Waals surface area contributed by atoms with E-state index in [0.717, 1.165) is 37.0 Å². The van der Waals surface area contributed by atoms with Gasteiger partial charge in [-0.3, -0.25) is 4.79 Å². The fraction of sp³-hybridized carbons (Fsp3) is 0.893. The lowest BCUT2D eigenvalue weighted by Gasteiger charge is -2.32. The minimum absolute atomic E-state index is 0.0240. The van der Waals surface area contributed by atoms with Gasteiger partial charge in [0, 0.05) is 0 Å². The van der Waals surface area contributed by atoms with E-state index in [1.54, 1.807) is 0 Å². The van der Waals surface area contributed by atoms with E-state index in [2.05, 4.69) is 20.4 Å². The van der Waals surface area contributed by atoms with Gasteiger partial charge in [0.1, 0.15) is 0 Å². The molecule has 0 aromatic heterocycles. The van der Waals surface area contributed by atoms with Crippen molar-refractivity contribution in [2.24, 2.45) is 46.3 Å². The summed E-state index contributed by atoms with van der Waals surface area (Å²) in [5.74, 6) is 3.62. The molecule has 31 heavy (non-hydrogen) atoms. The predicted molar refractivity (Wildman–Crippen MR) is 121 cm³/mol. The first kappa shape index (κ1) is 20.8. The monoisotopic (exact) mass is 426 g/mol. The lowest BCUT2D eigenvalue weighted by Crippen LogP contribution is -2.34. The first-order valence-electron chi connectivity index (χ1n) is 13.3. The summed E-state index contributed by atoms with van der Waals surface area (Å²) in [7, 11) is 0. The summed E-state index contributed by atoms with van der Waals surface area (Å²) < 4.78 is 11.8. The maximum absolute atomic E-state index is 13.1. The molecule has 10 unspecified atom stereocenters. The number of rotatable bonds is 7. The molecule has 3 heteroatoms. The minimum Gasteiger partial charge on any atom is -0.465 e. The van der Waals surface area contributed by atoms with Crippen molar-refractivity contribution in [3.05, 3.63) is 12.2 Å². The van der Waals surface area contributed by atoms with Crippen molar-refractivity contribution >= 4 is 5.97 Å². The van der Waals surface area contributed by atoms with Crippen LogP contribution in [0.15, 0.2) is 12.2 Å². The molecule has 0 N–H and O–H groups in total. The second kappa shape index (κ2) is 7.34. The third kappa shape index (κ3) is 4.02. The molecule has 0 bridgehead atoms. The molecule has 10 atom stereocenters. The molecule has 1 saturated heterocycles. The molecule has 0 aromatic carbocycles. The van der Waals surface area contributed by atoms with Crippen LogP contribution in [0.3, 0.4) is 0 Å². The molecule has 0 radical (unpaired) electrons. The third-order valence-electron chi connectivity index (χ3n) is 10.9. The summed E-state index contributed by atoms with van der Waals surface area (Å²) in [6.45, 7) is 10.0. The summed E-state index contributed by atoms with van der Waals surface area (Å²) >= 11 is 0. The highest BCUT2D eigenvalue weighted by Gasteiger charge is 2.54. The lowest BCUT2D eigenvalue weighted by atomic mass is 9.73. The predicted octanol–water partition coefficient (Wildman–Crippen LogP) is 6.31. The van der Waals surface area contributed by atoms with Gasteiger partial charge in [0.25, 0.3) is 0 Å². The summed E-state index contributed by atoms with van der Waals surface area (Å²) in [6, 6.07) is 0. The van der Waals surface area contributed by atoms with E-state index >= 15 is 0 Å². The number of carbonyl (C=O) groups is 1. The standard InChI is InChI=1S/C28H42O3/c1-17(4-5-18-6-8-27(2)14-20(27)10-18)22-12-24-25(31-24)13-23(22)26(29)30-16-19-7-9-28(3)15-21(28)11-19/h18-25H,1,4-16H2,2-3H3. The molecular weight excluding hydrogens is 384 g/mol. The van der Waals surface area contributed by atoms with Gasteiger partial charge < -0.3 is 9.47 Å². The third-order valence-corrected chi connectivity index (χ3v) is 10.9. The van der Waals surface area contributed by atoms with Gasteiger partial charge in [0.05, 0.1) is 24.7 Å². The van der Waals surface area contributed by atoms with E-state index in [-0.39, 0.29) is 17.8 Å². The van der Waals surface area contributed by atoms with Gasteiger partial charge in [-0.1, -0.05) is 26.0 Å². The van der Waals surface area contributed by atoms with Crippen molar-refractivity contribution in [1.82, 2.24) is 0 Å². The molecule has 5 saturated carbocycles. The highest BCUT2D eigenvalue weighted by molar-refractivity contribution is 5.73. The highest BCUT2D eigenvalue weighted by Crippen LogP contribution is 2.63.